The van der Waals surface area contributed by atoms with E-state index < -0.39 is 0 Å². The number of hydrogen-bond acceptors (Lipinski definition) is 3. The number of amides is 1. The van der Waals surface area contributed by atoms with Gasteiger partial charge in [0.05, 0.1) is 5.41 Å². The van der Waals surface area contributed by atoms with Crippen LogP contribution in [0.25, 0.3) is 0 Å². The highest BCUT2D eigenvalue weighted by atomic mass is 16.2. The van der Waals surface area contributed by atoms with Gasteiger partial charge < -0.3 is 10.6 Å². The van der Waals surface area contributed by atoms with Gasteiger partial charge in [-0.05, 0) is 58.3 Å². The van der Waals surface area contributed by atoms with Crippen molar-refractivity contribution in [2.75, 3.05) is 32.7 Å². The van der Waals surface area contributed by atoms with Crippen LogP contribution in [0.3, 0.4) is 0 Å². The van der Waals surface area contributed by atoms with Crippen molar-refractivity contribution in [1.82, 2.24) is 15.5 Å². The SMILES string of the molecule is CCCC1(C(=O)NCC2CCCN2CC)CCNCC1. The van der Waals surface area contributed by atoms with Crippen molar-refractivity contribution in [3.63, 3.8) is 0 Å². The number of carbonyl (C=O) groups is 1. The molecule has 0 saturated carbocycles. The predicted molar refractivity (Wildman–Crippen MR) is 82.7 cm³/mol. The molecule has 116 valence electrons. The maximum Gasteiger partial charge on any atom is 0.226 e. The summed E-state index contributed by atoms with van der Waals surface area (Å²) in [6, 6.07) is 0.560. The van der Waals surface area contributed by atoms with Crippen LogP contribution in [-0.2, 0) is 4.79 Å². The summed E-state index contributed by atoms with van der Waals surface area (Å²) in [6.45, 7) is 9.51. The summed E-state index contributed by atoms with van der Waals surface area (Å²) >= 11 is 0. The molecule has 1 amide bonds. The van der Waals surface area contributed by atoms with Crippen LogP contribution in [-0.4, -0.2) is 49.6 Å². The molecular formula is C16H31N3O. The van der Waals surface area contributed by atoms with E-state index in [0.29, 0.717) is 11.9 Å². The minimum Gasteiger partial charge on any atom is -0.354 e. The Morgan fingerprint density at radius 3 is 2.75 bits per heavy atom. The molecule has 0 aromatic carbocycles. The van der Waals surface area contributed by atoms with Crippen LogP contribution in [0.1, 0.15) is 52.4 Å². The lowest BCUT2D eigenvalue weighted by Gasteiger charge is -2.36. The van der Waals surface area contributed by atoms with Crippen molar-refractivity contribution in [3.05, 3.63) is 0 Å². The van der Waals surface area contributed by atoms with Gasteiger partial charge in [0.25, 0.3) is 0 Å². The maximum atomic E-state index is 12.7. The van der Waals surface area contributed by atoms with Gasteiger partial charge in [0.15, 0.2) is 0 Å². The van der Waals surface area contributed by atoms with Crippen LogP contribution >= 0.6 is 0 Å². The normalized spacial score (nSPS) is 26.6. The van der Waals surface area contributed by atoms with Gasteiger partial charge in [-0.3, -0.25) is 9.69 Å². The molecule has 4 nitrogen and oxygen atoms in total. The Morgan fingerprint density at radius 2 is 2.10 bits per heavy atom. The molecule has 0 bridgehead atoms. The van der Waals surface area contributed by atoms with Gasteiger partial charge in [0, 0.05) is 12.6 Å². The van der Waals surface area contributed by atoms with Crippen LogP contribution in [0.5, 0.6) is 0 Å². The number of nitrogens with zero attached hydrogens (tertiary/aromatic N) is 1. The summed E-state index contributed by atoms with van der Waals surface area (Å²) in [5, 5.41) is 6.65. The first-order valence-electron chi connectivity index (χ1n) is 8.45. The summed E-state index contributed by atoms with van der Waals surface area (Å²) in [5.74, 6) is 0.309. The van der Waals surface area contributed by atoms with E-state index >= 15 is 0 Å². The molecule has 0 radical (unpaired) electrons. The Labute approximate surface area is 123 Å². The van der Waals surface area contributed by atoms with Crippen molar-refractivity contribution in [2.24, 2.45) is 5.41 Å². The Balaban J connectivity index is 1.88. The van der Waals surface area contributed by atoms with E-state index in [2.05, 4.69) is 29.4 Å². The first-order valence-corrected chi connectivity index (χ1v) is 8.45. The van der Waals surface area contributed by atoms with Crippen LogP contribution < -0.4 is 10.6 Å². The van der Waals surface area contributed by atoms with Crippen LogP contribution in [0.4, 0.5) is 0 Å². The zero-order valence-electron chi connectivity index (χ0n) is 13.2. The molecule has 0 aromatic heterocycles. The maximum absolute atomic E-state index is 12.7. The minimum absolute atomic E-state index is 0.102. The fourth-order valence-electron chi connectivity index (χ4n) is 3.92. The lowest BCUT2D eigenvalue weighted by molar-refractivity contribution is -0.133. The van der Waals surface area contributed by atoms with Crippen molar-refractivity contribution in [3.8, 4) is 0 Å². The molecule has 2 heterocycles. The lowest BCUT2D eigenvalue weighted by Crippen LogP contribution is -2.50. The number of nitrogens with one attached hydrogen (secondary N) is 2. The van der Waals surface area contributed by atoms with E-state index in [-0.39, 0.29) is 5.41 Å². The highest BCUT2D eigenvalue weighted by Gasteiger charge is 2.38. The third-order valence-electron chi connectivity index (χ3n) is 5.17. The quantitative estimate of drug-likeness (QED) is 0.780. The highest BCUT2D eigenvalue weighted by molar-refractivity contribution is 5.82. The Kier molecular flexibility index (Phi) is 5.85. The van der Waals surface area contributed by atoms with Gasteiger partial charge in [-0.25, -0.2) is 0 Å². The minimum atomic E-state index is -0.102. The molecule has 2 aliphatic rings. The summed E-state index contributed by atoms with van der Waals surface area (Å²) < 4.78 is 0. The summed E-state index contributed by atoms with van der Waals surface area (Å²) in [5.41, 5.74) is -0.102. The Hall–Kier alpha value is -0.610. The van der Waals surface area contributed by atoms with Gasteiger partial charge in [0.2, 0.25) is 5.91 Å². The number of rotatable bonds is 6. The molecule has 2 fully saturated rings. The standard InChI is InChI=1S/C16H31N3O/c1-3-7-16(8-10-17-11-9-16)15(20)18-13-14-6-5-12-19(14)4-2/h14,17H,3-13H2,1-2H3,(H,18,20). The first-order chi connectivity index (χ1) is 9.72. The predicted octanol–water partition coefficient (Wildman–Crippen LogP) is 1.76. The summed E-state index contributed by atoms with van der Waals surface area (Å²) in [6.07, 6.45) is 6.62. The molecule has 2 saturated heterocycles. The molecule has 1 unspecified atom stereocenters. The van der Waals surface area contributed by atoms with Gasteiger partial charge in [-0.15, -0.1) is 0 Å². The van der Waals surface area contributed by atoms with Crippen molar-refractivity contribution < 1.29 is 4.79 Å². The van der Waals surface area contributed by atoms with Crippen LogP contribution in [0.15, 0.2) is 0 Å². The smallest absolute Gasteiger partial charge is 0.226 e. The Bertz CT molecular complexity index is 307. The van der Waals surface area contributed by atoms with Crippen molar-refractivity contribution in [1.29, 1.82) is 0 Å². The zero-order chi connectivity index (χ0) is 14.4. The second-order valence-corrected chi connectivity index (χ2v) is 6.41. The monoisotopic (exact) mass is 281 g/mol. The van der Waals surface area contributed by atoms with Crippen molar-refractivity contribution >= 4 is 5.91 Å². The Morgan fingerprint density at radius 1 is 1.35 bits per heavy atom. The van der Waals surface area contributed by atoms with Gasteiger partial charge in [0.1, 0.15) is 0 Å². The topological polar surface area (TPSA) is 44.4 Å². The average molecular weight is 281 g/mol. The number of hydrogen-bond donors (Lipinski definition) is 2. The van der Waals surface area contributed by atoms with E-state index in [1.165, 1.54) is 19.4 Å². The highest BCUT2D eigenvalue weighted by Crippen LogP contribution is 2.34. The average Bonchev–Trinajstić information content (AvgIpc) is 2.93. The van der Waals surface area contributed by atoms with E-state index in [0.717, 1.165) is 51.9 Å². The van der Waals surface area contributed by atoms with Crippen molar-refractivity contribution in [2.45, 2.75) is 58.4 Å². The molecule has 0 spiro atoms. The van der Waals surface area contributed by atoms with Gasteiger partial charge in [-0.1, -0.05) is 20.3 Å². The molecule has 20 heavy (non-hydrogen) atoms. The lowest BCUT2D eigenvalue weighted by atomic mass is 9.74. The molecule has 1 atom stereocenters. The fraction of sp³-hybridized carbons (Fsp3) is 0.938. The molecule has 2 N–H and O–H groups in total. The number of likely N-dealkylation sites (N-methyl/N-ethyl adjacent to an activating group) is 1. The molecular weight excluding hydrogens is 250 g/mol. The summed E-state index contributed by atoms with van der Waals surface area (Å²) in [7, 11) is 0. The molecule has 0 aliphatic carbocycles. The number of carbonyl (C=O) groups excluding carboxylic acids is 1. The molecule has 2 rings (SSSR count). The molecule has 4 heteroatoms. The third kappa shape index (κ3) is 3.53. The largest absolute Gasteiger partial charge is 0.354 e. The van der Waals surface area contributed by atoms with Gasteiger partial charge in [-0.2, -0.15) is 0 Å². The fourth-order valence-corrected chi connectivity index (χ4v) is 3.92. The molecule has 0 aromatic rings. The second kappa shape index (κ2) is 7.41. The zero-order valence-corrected chi connectivity index (χ0v) is 13.2. The number of likely N-dealkylation sites (tertiary alicyclic amines) is 1. The second-order valence-electron chi connectivity index (χ2n) is 6.41. The van der Waals surface area contributed by atoms with Gasteiger partial charge >= 0.3 is 0 Å². The third-order valence-corrected chi connectivity index (χ3v) is 5.17. The van der Waals surface area contributed by atoms with Crippen LogP contribution in [0.2, 0.25) is 0 Å². The van der Waals surface area contributed by atoms with E-state index in [1.807, 2.05) is 0 Å². The first kappa shape index (κ1) is 15.8. The van der Waals surface area contributed by atoms with Crippen LogP contribution in [0, 0.1) is 5.41 Å². The molecule has 2 aliphatic heterocycles. The van der Waals surface area contributed by atoms with E-state index in [9.17, 15) is 4.79 Å². The number of piperidine rings is 1. The summed E-state index contributed by atoms with van der Waals surface area (Å²) in [4.78, 5) is 15.2. The van der Waals surface area contributed by atoms with E-state index in [4.69, 9.17) is 0 Å². The van der Waals surface area contributed by atoms with E-state index in [1.54, 1.807) is 0 Å².